The van der Waals surface area contributed by atoms with E-state index in [1.165, 1.54) is 25.0 Å². The highest BCUT2D eigenvalue weighted by atomic mass is 35.5. The minimum atomic E-state index is 0.607. The summed E-state index contributed by atoms with van der Waals surface area (Å²) in [6.07, 6.45) is 5.83. The second-order valence-corrected chi connectivity index (χ2v) is 5.95. The van der Waals surface area contributed by atoms with Crippen LogP contribution in [0, 0.1) is 0 Å². The van der Waals surface area contributed by atoms with Gasteiger partial charge in [0.1, 0.15) is 0 Å². The van der Waals surface area contributed by atoms with Crippen molar-refractivity contribution in [1.82, 2.24) is 14.7 Å². The zero-order valence-electron chi connectivity index (χ0n) is 12.7. The lowest BCUT2D eigenvalue weighted by atomic mass is 9.99. The fourth-order valence-electron chi connectivity index (χ4n) is 3.15. The molecule has 0 amide bonds. The first-order valence-corrected chi connectivity index (χ1v) is 8.27. The second kappa shape index (κ2) is 7.43. The Hall–Kier alpha value is -0.580. The van der Waals surface area contributed by atoms with E-state index >= 15 is 0 Å². The molecule has 0 saturated carbocycles. The summed E-state index contributed by atoms with van der Waals surface area (Å²) >= 11 is 6.52. The number of rotatable bonds is 6. The van der Waals surface area contributed by atoms with E-state index in [0.717, 1.165) is 49.7 Å². The molecule has 0 aliphatic carbocycles. The number of nitrogens with zero attached hydrogens (tertiary/aromatic N) is 3. The quantitative estimate of drug-likeness (QED) is 0.878. The van der Waals surface area contributed by atoms with Crippen molar-refractivity contribution in [1.29, 1.82) is 0 Å². The van der Waals surface area contributed by atoms with Gasteiger partial charge in [-0.1, -0.05) is 24.9 Å². The molecule has 0 bridgehead atoms. The summed E-state index contributed by atoms with van der Waals surface area (Å²) in [5.41, 5.74) is 7.96. The van der Waals surface area contributed by atoms with Gasteiger partial charge < -0.3 is 5.73 Å². The first-order valence-electron chi connectivity index (χ1n) is 7.89. The number of piperidine rings is 1. The van der Waals surface area contributed by atoms with E-state index in [1.54, 1.807) is 0 Å². The zero-order chi connectivity index (χ0) is 14.5. The molecule has 1 aromatic rings. The van der Waals surface area contributed by atoms with Crippen molar-refractivity contribution >= 4 is 11.6 Å². The predicted octanol–water partition coefficient (Wildman–Crippen LogP) is 2.82. The molecule has 114 valence electrons. The van der Waals surface area contributed by atoms with Crippen LogP contribution in [0.25, 0.3) is 0 Å². The molecule has 1 aliphatic heterocycles. The van der Waals surface area contributed by atoms with E-state index in [9.17, 15) is 0 Å². The number of nitrogens with two attached hydrogens (primary N) is 1. The molecule has 5 heteroatoms. The van der Waals surface area contributed by atoms with Gasteiger partial charge in [-0.2, -0.15) is 5.10 Å². The van der Waals surface area contributed by atoms with Crippen LogP contribution in [0.1, 0.15) is 50.9 Å². The summed E-state index contributed by atoms with van der Waals surface area (Å²) in [4.78, 5) is 2.55. The number of halogens is 1. The summed E-state index contributed by atoms with van der Waals surface area (Å²) < 4.78 is 2.06. The van der Waals surface area contributed by atoms with Crippen LogP contribution in [0.3, 0.4) is 0 Å². The van der Waals surface area contributed by atoms with Crippen molar-refractivity contribution in [2.24, 2.45) is 5.73 Å². The first-order chi connectivity index (χ1) is 9.71. The normalized spacial score (nSPS) is 20.5. The zero-order valence-corrected chi connectivity index (χ0v) is 13.5. The topological polar surface area (TPSA) is 47.1 Å². The van der Waals surface area contributed by atoms with Crippen molar-refractivity contribution in [2.75, 3.05) is 13.1 Å². The standard InChI is InChI=1S/C15H27ClN4/c1-3-13-15(16)14(20(4-2)18-13)11-19-10-6-5-7-12(19)8-9-17/h12H,3-11,17H2,1-2H3. The van der Waals surface area contributed by atoms with E-state index in [4.69, 9.17) is 17.3 Å². The van der Waals surface area contributed by atoms with Crippen LogP contribution in [-0.4, -0.2) is 33.8 Å². The molecule has 1 fully saturated rings. The highest BCUT2D eigenvalue weighted by molar-refractivity contribution is 6.31. The Labute approximate surface area is 127 Å². The van der Waals surface area contributed by atoms with Gasteiger partial charge in [0.05, 0.1) is 16.4 Å². The van der Waals surface area contributed by atoms with Crippen molar-refractivity contribution < 1.29 is 0 Å². The average Bonchev–Trinajstić information content (AvgIpc) is 2.77. The predicted molar refractivity (Wildman–Crippen MR) is 84.0 cm³/mol. The fraction of sp³-hybridized carbons (Fsp3) is 0.800. The summed E-state index contributed by atoms with van der Waals surface area (Å²) in [5, 5.41) is 5.48. The van der Waals surface area contributed by atoms with Crippen LogP contribution in [0.5, 0.6) is 0 Å². The number of likely N-dealkylation sites (tertiary alicyclic amines) is 1. The van der Waals surface area contributed by atoms with Gasteiger partial charge in [-0.3, -0.25) is 9.58 Å². The van der Waals surface area contributed by atoms with Gasteiger partial charge in [-0.05, 0) is 45.7 Å². The maximum absolute atomic E-state index is 6.52. The van der Waals surface area contributed by atoms with E-state index in [0.29, 0.717) is 6.04 Å². The van der Waals surface area contributed by atoms with E-state index in [-0.39, 0.29) is 0 Å². The van der Waals surface area contributed by atoms with Crippen LogP contribution in [0.4, 0.5) is 0 Å². The molecular formula is C15H27ClN4. The third-order valence-corrected chi connectivity index (χ3v) is 4.73. The van der Waals surface area contributed by atoms with Crippen molar-refractivity contribution in [3.8, 4) is 0 Å². The maximum Gasteiger partial charge on any atom is 0.0863 e. The Kier molecular flexibility index (Phi) is 5.87. The SMILES string of the molecule is CCc1nn(CC)c(CN2CCCCC2CCN)c1Cl. The Morgan fingerprint density at radius 2 is 2.15 bits per heavy atom. The molecule has 1 unspecified atom stereocenters. The minimum absolute atomic E-state index is 0.607. The number of hydrogen-bond donors (Lipinski definition) is 1. The van der Waals surface area contributed by atoms with Crippen LogP contribution in [0.15, 0.2) is 0 Å². The second-order valence-electron chi connectivity index (χ2n) is 5.57. The molecule has 2 N–H and O–H groups in total. The molecule has 0 spiro atoms. The van der Waals surface area contributed by atoms with E-state index < -0.39 is 0 Å². The smallest absolute Gasteiger partial charge is 0.0863 e. The lowest BCUT2D eigenvalue weighted by molar-refractivity contribution is 0.130. The molecule has 0 radical (unpaired) electrons. The number of aryl methyl sites for hydroxylation is 2. The third kappa shape index (κ3) is 3.35. The Morgan fingerprint density at radius 3 is 2.80 bits per heavy atom. The van der Waals surface area contributed by atoms with Crippen LogP contribution in [0.2, 0.25) is 5.02 Å². The molecule has 2 rings (SSSR count). The highest BCUT2D eigenvalue weighted by Gasteiger charge is 2.24. The van der Waals surface area contributed by atoms with Gasteiger partial charge in [-0.25, -0.2) is 0 Å². The molecule has 1 aromatic heterocycles. The lowest BCUT2D eigenvalue weighted by Gasteiger charge is -2.35. The van der Waals surface area contributed by atoms with Gasteiger partial charge in [-0.15, -0.1) is 0 Å². The van der Waals surface area contributed by atoms with Crippen molar-refractivity contribution in [3.63, 3.8) is 0 Å². The molecule has 1 saturated heterocycles. The largest absolute Gasteiger partial charge is 0.330 e. The molecule has 4 nitrogen and oxygen atoms in total. The van der Waals surface area contributed by atoms with Gasteiger partial charge in [0.25, 0.3) is 0 Å². The van der Waals surface area contributed by atoms with E-state index in [1.807, 2.05) is 0 Å². The van der Waals surface area contributed by atoms with Gasteiger partial charge in [0, 0.05) is 19.1 Å². The van der Waals surface area contributed by atoms with Gasteiger partial charge in [0.15, 0.2) is 0 Å². The van der Waals surface area contributed by atoms with Crippen molar-refractivity contribution in [2.45, 2.75) is 65.1 Å². The summed E-state index contributed by atoms with van der Waals surface area (Å²) in [5.74, 6) is 0. The highest BCUT2D eigenvalue weighted by Crippen LogP contribution is 2.27. The fourth-order valence-corrected chi connectivity index (χ4v) is 3.48. The van der Waals surface area contributed by atoms with Crippen molar-refractivity contribution in [3.05, 3.63) is 16.4 Å². The molecular weight excluding hydrogens is 272 g/mol. The monoisotopic (exact) mass is 298 g/mol. The molecule has 1 atom stereocenters. The van der Waals surface area contributed by atoms with Crippen LogP contribution in [-0.2, 0) is 19.5 Å². The molecule has 0 aromatic carbocycles. The summed E-state index contributed by atoms with van der Waals surface area (Å²) in [6.45, 7) is 7.93. The Bertz CT molecular complexity index is 428. The Balaban J connectivity index is 2.17. The summed E-state index contributed by atoms with van der Waals surface area (Å²) in [6, 6.07) is 0.607. The lowest BCUT2D eigenvalue weighted by Crippen LogP contribution is -2.40. The first kappa shape index (κ1) is 15.8. The number of aromatic nitrogens is 2. The molecule has 2 heterocycles. The summed E-state index contributed by atoms with van der Waals surface area (Å²) in [7, 11) is 0. The van der Waals surface area contributed by atoms with E-state index in [2.05, 4.69) is 28.5 Å². The van der Waals surface area contributed by atoms with Crippen LogP contribution < -0.4 is 5.73 Å². The number of hydrogen-bond acceptors (Lipinski definition) is 3. The Morgan fingerprint density at radius 1 is 1.35 bits per heavy atom. The van der Waals surface area contributed by atoms with Gasteiger partial charge >= 0.3 is 0 Å². The molecule has 20 heavy (non-hydrogen) atoms. The van der Waals surface area contributed by atoms with Gasteiger partial charge in [0.2, 0.25) is 0 Å². The van der Waals surface area contributed by atoms with Crippen LogP contribution >= 0.6 is 11.6 Å². The third-order valence-electron chi connectivity index (χ3n) is 4.30. The maximum atomic E-state index is 6.52. The molecule has 1 aliphatic rings. The average molecular weight is 299 g/mol. The minimum Gasteiger partial charge on any atom is -0.330 e.